The second-order valence-corrected chi connectivity index (χ2v) is 4.89. The summed E-state index contributed by atoms with van der Waals surface area (Å²) in [4.78, 5) is 6.72. The Balaban J connectivity index is 2.71. The third-order valence-electron chi connectivity index (χ3n) is 2.63. The number of nitrogens with zero attached hydrogens (tertiary/aromatic N) is 2. The van der Waals surface area contributed by atoms with E-state index in [1.54, 1.807) is 17.5 Å². The van der Waals surface area contributed by atoms with Gasteiger partial charge in [0.1, 0.15) is 5.00 Å². The van der Waals surface area contributed by atoms with Gasteiger partial charge in [-0.1, -0.05) is 31.6 Å². The number of hydrogen-bond donors (Lipinski definition) is 1. The average molecular weight is 227 g/mol. The Kier molecular flexibility index (Phi) is 4.88. The predicted octanol–water partition coefficient (Wildman–Crippen LogP) is 3.13. The van der Waals surface area contributed by atoms with E-state index in [0.29, 0.717) is 6.04 Å². The second-order valence-electron chi connectivity index (χ2n) is 3.85. The van der Waals surface area contributed by atoms with E-state index in [9.17, 15) is 0 Å². The zero-order valence-electron chi connectivity index (χ0n) is 9.86. The molecule has 2 N–H and O–H groups in total. The van der Waals surface area contributed by atoms with E-state index in [0.717, 1.165) is 23.1 Å². The lowest BCUT2D eigenvalue weighted by molar-refractivity contribution is 0.594. The Bertz CT molecular complexity index is 285. The topological polar surface area (TPSA) is 42.2 Å². The van der Waals surface area contributed by atoms with E-state index in [-0.39, 0.29) is 0 Å². The SMILES string of the molecule is CCCCN(c1ncc(N)s1)C(C)CC. The molecule has 1 unspecified atom stereocenters. The van der Waals surface area contributed by atoms with Crippen molar-refractivity contribution in [1.82, 2.24) is 4.98 Å². The first-order valence-corrected chi connectivity index (χ1v) is 6.48. The molecule has 1 aromatic rings. The predicted molar refractivity (Wildman–Crippen MR) is 68.5 cm³/mol. The van der Waals surface area contributed by atoms with Crippen LogP contribution in [0.25, 0.3) is 0 Å². The number of nitrogen functional groups attached to an aromatic ring is 1. The van der Waals surface area contributed by atoms with Gasteiger partial charge in [0, 0.05) is 12.6 Å². The number of aromatic nitrogens is 1. The van der Waals surface area contributed by atoms with Crippen molar-refractivity contribution in [3.8, 4) is 0 Å². The number of unbranched alkanes of at least 4 members (excludes halogenated alkanes) is 1. The van der Waals surface area contributed by atoms with Crippen LogP contribution in [0.15, 0.2) is 6.20 Å². The summed E-state index contributed by atoms with van der Waals surface area (Å²) in [5.74, 6) is 0. The van der Waals surface area contributed by atoms with E-state index >= 15 is 0 Å². The summed E-state index contributed by atoms with van der Waals surface area (Å²) in [5, 5.41) is 1.87. The molecule has 0 saturated heterocycles. The van der Waals surface area contributed by atoms with Gasteiger partial charge in [-0.15, -0.1) is 0 Å². The maximum Gasteiger partial charge on any atom is 0.187 e. The summed E-state index contributed by atoms with van der Waals surface area (Å²) >= 11 is 1.58. The summed E-state index contributed by atoms with van der Waals surface area (Å²) < 4.78 is 0. The molecule has 4 heteroatoms. The first-order valence-electron chi connectivity index (χ1n) is 5.67. The lowest BCUT2D eigenvalue weighted by Crippen LogP contribution is -2.33. The van der Waals surface area contributed by atoms with Gasteiger partial charge < -0.3 is 10.6 Å². The van der Waals surface area contributed by atoms with Gasteiger partial charge in [-0.3, -0.25) is 0 Å². The van der Waals surface area contributed by atoms with Gasteiger partial charge in [0.25, 0.3) is 0 Å². The van der Waals surface area contributed by atoms with Crippen LogP contribution in [0, 0.1) is 0 Å². The van der Waals surface area contributed by atoms with Crippen LogP contribution in [-0.4, -0.2) is 17.6 Å². The molecule has 0 saturated carbocycles. The molecule has 0 spiro atoms. The molecule has 0 bridgehead atoms. The molecule has 15 heavy (non-hydrogen) atoms. The molecule has 1 heterocycles. The molecule has 0 radical (unpaired) electrons. The Hall–Kier alpha value is -0.770. The number of nitrogens with two attached hydrogens (primary N) is 1. The molecule has 0 aliphatic carbocycles. The van der Waals surface area contributed by atoms with Crippen LogP contribution in [0.5, 0.6) is 0 Å². The normalized spacial score (nSPS) is 12.7. The highest BCUT2D eigenvalue weighted by atomic mass is 32.1. The van der Waals surface area contributed by atoms with Crippen LogP contribution in [0.1, 0.15) is 40.0 Å². The maximum absolute atomic E-state index is 5.72. The minimum Gasteiger partial charge on any atom is -0.389 e. The fraction of sp³-hybridized carbons (Fsp3) is 0.727. The molecule has 0 fully saturated rings. The number of anilines is 2. The van der Waals surface area contributed by atoms with Gasteiger partial charge in [-0.2, -0.15) is 0 Å². The van der Waals surface area contributed by atoms with Gasteiger partial charge in [0.15, 0.2) is 5.13 Å². The van der Waals surface area contributed by atoms with E-state index in [2.05, 4.69) is 30.7 Å². The van der Waals surface area contributed by atoms with E-state index in [1.807, 2.05) is 0 Å². The van der Waals surface area contributed by atoms with E-state index in [1.165, 1.54) is 12.8 Å². The van der Waals surface area contributed by atoms with E-state index < -0.39 is 0 Å². The highest BCUT2D eigenvalue weighted by molar-refractivity contribution is 7.19. The molecule has 0 amide bonds. The van der Waals surface area contributed by atoms with Crippen molar-refractivity contribution < 1.29 is 0 Å². The zero-order valence-corrected chi connectivity index (χ0v) is 10.7. The van der Waals surface area contributed by atoms with Gasteiger partial charge in [0.2, 0.25) is 0 Å². The highest BCUT2D eigenvalue weighted by Gasteiger charge is 2.15. The van der Waals surface area contributed by atoms with Gasteiger partial charge in [-0.25, -0.2) is 4.98 Å². The van der Waals surface area contributed by atoms with E-state index in [4.69, 9.17) is 5.73 Å². The molecule has 1 rings (SSSR count). The first-order chi connectivity index (χ1) is 7.19. The monoisotopic (exact) mass is 227 g/mol. The maximum atomic E-state index is 5.72. The van der Waals surface area contributed by atoms with Crippen molar-refractivity contribution in [3.63, 3.8) is 0 Å². The van der Waals surface area contributed by atoms with Crippen molar-refractivity contribution >= 4 is 21.5 Å². The van der Waals surface area contributed by atoms with Crippen LogP contribution in [-0.2, 0) is 0 Å². The third kappa shape index (κ3) is 3.38. The Morgan fingerprint density at radius 3 is 2.73 bits per heavy atom. The van der Waals surface area contributed by atoms with Gasteiger partial charge in [-0.05, 0) is 19.8 Å². The summed E-state index contributed by atoms with van der Waals surface area (Å²) in [7, 11) is 0. The minimum atomic E-state index is 0.544. The Morgan fingerprint density at radius 2 is 2.27 bits per heavy atom. The highest BCUT2D eigenvalue weighted by Crippen LogP contribution is 2.26. The number of hydrogen-bond acceptors (Lipinski definition) is 4. The lowest BCUT2D eigenvalue weighted by Gasteiger charge is -2.27. The summed E-state index contributed by atoms with van der Waals surface area (Å²) in [6.45, 7) is 7.75. The van der Waals surface area contributed by atoms with Crippen LogP contribution < -0.4 is 10.6 Å². The Morgan fingerprint density at radius 1 is 1.53 bits per heavy atom. The van der Waals surface area contributed by atoms with Crippen molar-refractivity contribution in [2.24, 2.45) is 0 Å². The fourth-order valence-corrected chi connectivity index (χ4v) is 2.27. The van der Waals surface area contributed by atoms with Crippen LogP contribution in [0.4, 0.5) is 10.1 Å². The van der Waals surface area contributed by atoms with Crippen LogP contribution in [0.3, 0.4) is 0 Å². The minimum absolute atomic E-state index is 0.544. The van der Waals surface area contributed by atoms with Crippen molar-refractivity contribution in [2.75, 3.05) is 17.2 Å². The molecule has 86 valence electrons. The molecular weight excluding hydrogens is 206 g/mol. The Labute approximate surface area is 96.3 Å². The summed E-state index contributed by atoms with van der Waals surface area (Å²) in [6, 6.07) is 0.544. The standard InChI is InChI=1S/C11H21N3S/c1-4-6-7-14(9(3)5-2)11-13-8-10(12)15-11/h8-9H,4-7,12H2,1-3H3. The quantitative estimate of drug-likeness (QED) is 0.812. The van der Waals surface area contributed by atoms with Crippen molar-refractivity contribution in [1.29, 1.82) is 0 Å². The first kappa shape index (κ1) is 12.3. The molecule has 0 aromatic carbocycles. The number of thiazole rings is 1. The molecule has 1 aromatic heterocycles. The molecule has 0 aliphatic rings. The molecule has 0 aliphatic heterocycles. The lowest BCUT2D eigenvalue weighted by atomic mass is 10.2. The largest absolute Gasteiger partial charge is 0.389 e. The summed E-state index contributed by atoms with van der Waals surface area (Å²) in [6.07, 6.45) is 5.32. The van der Waals surface area contributed by atoms with Crippen molar-refractivity contribution in [2.45, 2.75) is 46.1 Å². The van der Waals surface area contributed by atoms with Crippen molar-refractivity contribution in [3.05, 3.63) is 6.20 Å². The van der Waals surface area contributed by atoms with Gasteiger partial charge >= 0.3 is 0 Å². The number of rotatable bonds is 6. The fourth-order valence-electron chi connectivity index (χ4n) is 1.46. The average Bonchev–Trinajstić information content (AvgIpc) is 2.65. The van der Waals surface area contributed by atoms with Crippen LogP contribution >= 0.6 is 11.3 Å². The molecule has 1 atom stereocenters. The summed E-state index contributed by atoms with van der Waals surface area (Å²) in [5.41, 5.74) is 5.72. The third-order valence-corrected chi connectivity index (χ3v) is 3.50. The second kappa shape index (κ2) is 5.95. The smallest absolute Gasteiger partial charge is 0.187 e. The molecular formula is C11H21N3S. The van der Waals surface area contributed by atoms with Crippen LogP contribution in [0.2, 0.25) is 0 Å². The zero-order chi connectivity index (χ0) is 11.3. The molecule has 3 nitrogen and oxygen atoms in total. The van der Waals surface area contributed by atoms with Gasteiger partial charge in [0.05, 0.1) is 6.20 Å².